The van der Waals surface area contributed by atoms with Crippen LogP contribution < -0.4 is 3.71 Å². The highest BCUT2D eigenvalue weighted by molar-refractivity contribution is 8.10. The lowest BCUT2D eigenvalue weighted by Crippen LogP contribution is -2.37. The first-order valence-corrected chi connectivity index (χ1v) is 13.2. The van der Waals surface area contributed by atoms with E-state index >= 15 is 0 Å². The predicted molar refractivity (Wildman–Crippen MR) is 131 cm³/mol. The van der Waals surface area contributed by atoms with E-state index in [1.54, 1.807) is 48.5 Å². The lowest BCUT2D eigenvalue weighted by atomic mass is 10.1. The van der Waals surface area contributed by atoms with Crippen LogP contribution in [0.4, 0.5) is 10.1 Å². The van der Waals surface area contributed by atoms with E-state index in [2.05, 4.69) is 0 Å². The third-order valence-electron chi connectivity index (χ3n) is 5.53. The largest absolute Gasteiger partial charge is 0.278 e. The summed E-state index contributed by atoms with van der Waals surface area (Å²) in [5.74, 6) is -0.976. The molecule has 5 rings (SSSR count). The van der Waals surface area contributed by atoms with Crippen LogP contribution in [0.5, 0.6) is 0 Å². The first-order chi connectivity index (χ1) is 16.3. The van der Waals surface area contributed by atoms with Crippen molar-refractivity contribution >= 4 is 47.3 Å². The zero-order valence-electron chi connectivity index (χ0n) is 17.7. The summed E-state index contributed by atoms with van der Waals surface area (Å²) in [6, 6.07) is 27.6. The van der Waals surface area contributed by atoms with E-state index in [1.165, 1.54) is 36.4 Å². The second-order valence-corrected chi connectivity index (χ2v) is 11.4. The van der Waals surface area contributed by atoms with Gasteiger partial charge < -0.3 is 0 Å². The number of benzene rings is 5. The SMILES string of the molecule is O=S(=O)(c1ccc2ccccc2c1)N(c1ccccc1F)S(=O)(=O)c1cccc2ccccc12. The average molecular weight is 492 g/mol. The van der Waals surface area contributed by atoms with Gasteiger partial charge in [0.05, 0.1) is 9.79 Å². The number of sulfonamides is 2. The summed E-state index contributed by atoms with van der Waals surface area (Å²) in [5, 5.41) is 2.34. The Morgan fingerprint density at radius 1 is 0.559 bits per heavy atom. The van der Waals surface area contributed by atoms with Crippen LogP contribution in [0.1, 0.15) is 0 Å². The number of anilines is 1. The van der Waals surface area contributed by atoms with E-state index in [-0.39, 0.29) is 13.5 Å². The number of hydrogen-bond donors (Lipinski definition) is 0. The van der Waals surface area contributed by atoms with Gasteiger partial charge in [-0.1, -0.05) is 78.9 Å². The van der Waals surface area contributed by atoms with Crippen LogP contribution >= 0.6 is 0 Å². The number of halogens is 1. The molecule has 0 fully saturated rings. The van der Waals surface area contributed by atoms with Gasteiger partial charge in [0.15, 0.2) is 0 Å². The van der Waals surface area contributed by atoms with Crippen molar-refractivity contribution in [1.82, 2.24) is 0 Å². The molecule has 0 atom stereocenters. The molecule has 0 N–H and O–H groups in total. The van der Waals surface area contributed by atoms with Gasteiger partial charge >= 0.3 is 0 Å². The van der Waals surface area contributed by atoms with Crippen molar-refractivity contribution in [2.75, 3.05) is 3.71 Å². The van der Waals surface area contributed by atoms with Crippen molar-refractivity contribution in [3.63, 3.8) is 0 Å². The van der Waals surface area contributed by atoms with E-state index in [0.29, 0.717) is 16.2 Å². The molecule has 0 aliphatic heterocycles. The minimum atomic E-state index is -4.76. The number of rotatable bonds is 5. The number of hydrogen-bond acceptors (Lipinski definition) is 4. The third kappa shape index (κ3) is 3.61. The summed E-state index contributed by atoms with van der Waals surface area (Å²) in [5.41, 5.74) is -0.580. The van der Waals surface area contributed by atoms with Gasteiger partial charge in [-0.3, -0.25) is 0 Å². The number of fused-ring (bicyclic) bond motifs is 2. The van der Waals surface area contributed by atoms with E-state index in [4.69, 9.17) is 0 Å². The van der Waals surface area contributed by atoms with Gasteiger partial charge in [0.25, 0.3) is 20.0 Å². The van der Waals surface area contributed by atoms with Crippen molar-refractivity contribution in [2.45, 2.75) is 9.79 Å². The quantitative estimate of drug-likeness (QED) is 0.315. The zero-order valence-corrected chi connectivity index (χ0v) is 19.3. The Morgan fingerprint density at radius 2 is 1.18 bits per heavy atom. The Labute approximate surface area is 196 Å². The Balaban J connectivity index is 1.80. The standard InChI is InChI=1S/C26H18FNO4S2/c27-24-13-5-6-14-25(24)28(33(29,30)22-17-16-19-8-1-2-10-21(19)18-22)34(31,32)26-15-7-11-20-9-3-4-12-23(20)26/h1-18H. The monoisotopic (exact) mass is 491 g/mol. The summed E-state index contributed by atoms with van der Waals surface area (Å²) >= 11 is 0. The lowest BCUT2D eigenvalue weighted by molar-refractivity contribution is 0.580. The van der Waals surface area contributed by atoms with E-state index in [1.807, 2.05) is 12.1 Å². The van der Waals surface area contributed by atoms with Gasteiger partial charge in [-0.25, -0.2) is 12.8 Å². The smallest absolute Gasteiger partial charge is 0.205 e. The molecule has 5 nitrogen and oxygen atoms in total. The summed E-state index contributed by atoms with van der Waals surface area (Å²) in [6.45, 7) is 0. The molecule has 0 aromatic heterocycles. The summed E-state index contributed by atoms with van der Waals surface area (Å²) in [6.07, 6.45) is 0. The van der Waals surface area contributed by atoms with Crippen LogP contribution in [0.2, 0.25) is 0 Å². The van der Waals surface area contributed by atoms with Gasteiger partial charge in [0, 0.05) is 5.39 Å². The molecule has 170 valence electrons. The molecule has 0 radical (unpaired) electrons. The molecular weight excluding hydrogens is 473 g/mol. The molecule has 0 aliphatic carbocycles. The highest BCUT2D eigenvalue weighted by atomic mass is 32.3. The van der Waals surface area contributed by atoms with Gasteiger partial charge in [0.1, 0.15) is 11.5 Å². The van der Waals surface area contributed by atoms with Gasteiger partial charge in [-0.15, -0.1) is 0 Å². The molecular formula is C26H18FNO4S2. The molecule has 0 unspecified atom stereocenters. The first-order valence-electron chi connectivity index (χ1n) is 10.3. The molecule has 0 spiro atoms. The van der Waals surface area contributed by atoms with Crippen LogP contribution in [0.3, 0.4) is 0 Å². The predicted octanol–water partition coefficient (Wildman–Crippen LogP) is 5.72. The molecule has 0 amide bonds. The van der Waals surface area contributed by atoms with Gasteiger partial charge in [-0.2, -0.15) is 12.1 Å². The average Bonchev–Trinajstić information content (AvgIpc) is 2.84. The normalized spacial score (nSPS) is 12.1. The molecule has 34 heavy (non-hydrogen) atoms. The number of para-hydroxylation sites is 1. The van der Waals surface area contributed by atoms with Crippen molar-refractivity contribution in [1.29, 1.82) is 0 Å². The molecule has 0 heterocycles. The van der Waals surface area contributed by atoms with Crippen LogP contribution in [0, 0.1) is 5.82 Å². The summed E-state index contributed by atoms with van der Waals surface area (Å²) in [4.78, 5) is -0.503. The molecule has 0 bridgehead atoms. The third-order valence-corrected chi connectivity index (χ3v) is 9.74. The Morgan fingerprint density at radius 3 is 1.94 bits per heavy atom. The number of nitrogens with zero attached hydrogens (tertiary/aromatic N) is 1. The van der Waals surface area contributed by atoms with Crippen molar-refractivity contribution < 1.29 is 21.2 Å². The van der Waals surface area contributed by atoms with Crippen LogP contribution in [0.15, 0.2) is 119 Å². The zero-order chi connectivity index (χ0) is 23.9. The fraction of sp³-hybridized carbons (Fsp3) is 0. The molecule has 0 saturated heterocycles. The maximum absolute atomic E-state index is 14.9. The van der Waals surface area contributed by atoms with Crippen molar-refractivity contribution in [2.24, 2.45) is 0 Å². The fourth-order valence-electron chi connectivity index (χ4n) is 3.92. The topological polar surface area (TPSA) is 71.5 Å². The maximum atomic E-state index is 14.9. The Hall–Kier alpha value is -3.75. The van der Waals surface area contributed by atoms with E-state index in [9.17, 15) is 21.2 Å². The highest BCUT2D eigenvalue weighted by Gasteiger charge is 2.39. The second kappa shape index (κ2) is 8.23. The Kier molecular flexibility index (Phi) is 5.34. The van der Waals surface area contributed by atoms with Crippen LogP contribution in [0.25, 0.3) is 21.5 Å². The molecule has 0 aliphatic rings. The van der Waals surface area contributed by atoms with Crippen molar-refractivity contribution in [3.8, 4) is 0 Å². The molecule has 5 aromatic rings. The second-order valence-electron chi connectivity index (χ2n) is 7.64. The molecule has 5 aromatic carbocycles. The van der Waals surface area contributed by atoms with E-state index < -0.39 is 31.6 Å². The maximum Gasteiger partial charge on any atom is 0.278 e. The lowest BCUT2D eigenvalue weighted by Gasteiger charge is -2.25. The van der Waals surface area contributed by atoms with Gasteiger partial charge in [-0.05, 0) is 46.5 Å². The highest BCUT2D eigenvalue weighted by Crippen LogP contribution is 2.35. The fourth-order valence-corrected chi connectivity index (χ4v) is 7.87. The van der Waals surface area contributed by atoms with Crippen molar-refractivity contribution in [3.05, 3.63) is 115 Å². The van der Waals surface area contributed by atoms with E-state index in [0.717, 1.165) is 17.5 Å². The summed E-state index contributed by atoms with van der Waals surface area (Å²) < 4.78 is 70.8. The first kappa shape index (κ1) is 22.1. The van der Waals surface area contributed by atoms with Crippen LogP contribution in [-0.2, 0) is 20.0 Å². The van der Waals surface area contributed by atoms with Gasteiger partial charge in [0.2, 0.25) is 0 Å². The minimum Gasteiger partial charge on any atom is -0.205 e. The van der Waals surface area contributed by atoms with Crippen LogP contribution in [-0.4, -0.2) is 16.8 Å². The Bertz CT molecular complexity index is 1760. The molecule has 0 saturated carbocycles. The summed E-state index contributed by atoms with van der Waals surface area (Å²) in [7, 11) is -9.49. The minimum absolute atomic E-state index is 0.196. The molecule has 8 heteroatoms.